The molecule has 2 unspecified atom stereocenters. The Morgan fingerprint density at radius 2 is 2.32 bits per heavy atom. The van der Waals surface area contributed by atoms with Gasteiger partial charge in [0.1, 0.15) is 5.75 Å². The number of hydrogen-bond donors (Lipinski definition) is 2. The summed E-state index contributed by atoms with van der Waals surface area (Å²) < 4.78 is 10.6. The summed E-state index contributed by atoms with van der Waals surface area (Å²) in [7, 11) is 1.65. The van der Waals surface area contributed by atoms with Gasteiger partial charge in [0.25, 0.3) is 0 Å². The zero-order valence-electron chi connectivity index (χ0n) is 11.7. The lowest BCUT2D eigenvalue weighted by Crippen LogP contribution is -2.38. The average Bonchev–Trinajstić information content (AvgIpc) is 2.90. The van der Waals surface area contributed by atoms with Gasteiger partial charge in [-0.2, -0.15) is 0 Å². The Labute approximate surface area is 114 Å². The standard InChI is InChI=1S/C15H23NO3/c1-3-14(16-13(9-17)10-18-2)11-4-5-15-12(8-11)6-7-19-15/h4-5,8,13-14,16-17H,3,6-7,9-10H2,1-2H3. The number of fused-ring (bicyclic) bond motifs is 1. The monoisotopic (exact) mass is 265 g/mol. The van der Waals surface area contributed by atoms with E-state index in [1.54, 1.807) is 7.11 Å². The number of nitrogens with one attached hydrogen (secondary N) is 1. The Hall–Kier alpha value is -1.10. The maximum absolute atomic E-state index is 9.34. The molecule has 2 N–H and O–H groups in total. The molecule has 0 saturated carbocycles. The molecule has 19 heavy (non-hydrogen) atoms. The topological polar surface area (TPSA) is 50.7 Å². The molecule has 4 nitrogen and oxygen atoms in total. The van der Waals surface area contributed by atoms with Gasteiger partial charge in [0.2, 0.25) is 0 Å². The van der Waals surface area contributed by atoms with Gasteiger partial charge >= 0.3 is 0 Å². The largest absolute Gasteiger partial charge is 0.493 e. The minimum atomic E-state index is -0.0283. The van der Waals surface area contributed by atoms with Crippen molar-refractivity contribution in [3.63, 3.8) is 0 Å². The number of methoxy groups -OCH3 is 1. The van der Waals surface area contributed by atoms with Crippen LogP contribution in [0.4, 0.5) is 0 Å². The van der Waals surface area contributed by atoms with Crippen molar-refractivity contribution in [1.82, 2.24) is 5.32 Å². The molecule has 4 heteroatoms. The molecule has 0 spiro atoms. The molecule has 0 bridgehead atoms. The van der Waals surface area contributed by atoms with Crippen molar-refractivity contribution >= 4 is 0 Å². The van der Waals surface area contributed by atoms with E-state index in [4.69, 9.17) is 9.47 Å². The van der Waals surface area contributed by atoms with E-state index in [9.17, 15) is 5.11 Å². The van der Waals surface area contributed by atoms with Gasteiger partial charge in [-0.05, 0) is 23.6 Å². The predicted molar refractivity (Wildman–Crippen MR) is 74.6 cm³/mol. The molecular weight excluding hydrogens is 242 g/mol. The van der Waals surface area contributed by atoms with E-state index in [2.05, 4.69) is 24.4 Å². The van der Waals surface area contributed by atoms with E-state index < -0.39 is 0 Å². The Morgan fingerprint density at radius 1 is 1.47 bits per heavy atom. The third-order valence-electron chi connectivity index (χ3n) is 3.55. The number of ether oxygens (including phenoxy) is 2. The second-order valence-electron chi connectivity index (χ2n) is 4.93. The van der Waals surface area contributed by atoms with Gasteiger partial charge in [-0.3, -0.25) is 0 Å². The fraction of sp³-hybridized carbons (Fsp3) is 0.600. The van der Waals surface area contributed by atoms with Gasteiger partial charge in [0, 0.05) is 19.6 Å². The second-order valence-corrected chi connectivity index (χ2v) is 4.93. The van der Waals surface area contributed by atoms with E-state index in [1.165, 1.54) is 11.1 Å². The van der Waals surface area contributed by atoms with E-state index in [0.29, 0.717) is 6.61 Å². The summed E-state index contributed by atoms with van der Waals surface area (Å²) in [4.78, 5) is 0. The van der Waals surface area contributed by atoms with Crippen molar-refractivity contribution in [3.8, 4) is 5.75 Å². The molecule has 2 atom stereocenters. The Balaban J connectivity index is 2.08. The molecule has 2 rings (SSSR count). The van der Waals surface area contributed by atoms with Crippen molar-refractivity contribution in [1.29, 1.82) is 0 Å². The van der Waals surface area contributed by atoms with Crippen molar-refractivity contribution in [3.05, 3.63) is 29.3 Å². The van der Waals surface area contributed by atoms with Crippen LogP contribution in [-0.4, -0.2) is 38.1 Å². The molecule has 0 fully saturated rings. The number of aliphatic hydroxyl groups excluding tert-OH is 1. The SMILES string of the molecule is CCC(NC(CO)COC)c1ccc2c(c1)CCO2. The number of benzene rings is 1. The van der Waals surface area contributed by atoms with E-state index in [-0.39, 0.29) is 18.7 Å². The summed E-state index contributed by atoms with van der Waals surface area (Å²) in [5, 5.41) is 12.8. The normalized spacial score (nSPS) is 16.8. The van der Waals surface area contributed by atoms with Crippen LogP contribution in [0.5, 0.6) is 5.75 Å². The van der Waals surface area contributed by atoms with Crippen LogP contribution in [0.2, 0.25) is 0 Å². The van der Waals surface area contributed by atoms with Crippen LogP contribution in [0.25, 0.3) is 0 Å². The third kappa shape index (κ3) is 3.47. The van der Waals surface area contributed by atoms with Crippen LogP contribution in [0.15, 0.2) is 18.2 Å². The van der Waals surface area contributed by atoms with E-state index in [0.717, 1.165) is 25.2 Å². The summed E-state index contributed by atoms with van der Waals surface area (Å²) in [5.41, 5.74) is 2.53. The number of aliphatic hydroxyl groups is 1. The zero-order chi connectivity index (χ0) is 13.7. The summed E-state index contributed by atoms with van der Waals surface area (Å²) in [6.45, 7) is 3.52. The van der Waals surface area contributed by atoms with E-state index >= 15 is 0 Å². The summed E-state index contributed by atoms with van der Waals surface area (Å²) >= 11 is 0. The fourth-order valence-electron chi connectivity index (χ4n) is 2.51. The molecule has 0 radical (unpaired) electrons. The van der Waals surface area contributed by atoms with Gasteiger partial charge in [0.05, 0.1) is 25.9 Å². The summed E-state index contributed by atoms with van der Waals surface area (Å²) in [6.07, 6.45) is 1.96. The highest BCUT2D eigenvalue weighted by molar-refractivity contribution is 5.40. The van der Waals surface area contributed by atoms with Crippen molar-refractivity contribution in [2.24, 2.45) is 0 Å². The maximum atomic E-state index is 9.34. The quantitative estimate of drug-likeness (QED) is 0.787. The van der Waals surface area contributed by atoms with Gasteiger partial charge < -0.3 is 19.9 Å². The van der Waals surface area contributed by atoms with Crippen LogP contribution in [-0.2, 0) is 11.2 Å². The van der Waals surface area contributed by atoms with Crippen LogP contribution in [0.1, 0.15) is 30.5 Å². The highest BCUT2D eigenvalue weighted by Gasteiger charge is 2.18. The first-order valence-electron chi connectivity index (χ1n) is 6.90. The molecule has 0 amide bonds. The molecular formula is C15H23NO3. The minimum absolute atomic E-state index is 0.0283. The van der Waals surface area contributed by atoms with Gasteiger partial charge in [-0.15, -0.1) is 0 Å². The lowest BCUT2D eigenvalue weighted by molar-refractivity contribution is 0.121. The Bertz CT molecular complexity index is 408. The molecule has 1 aliphatic heterocycles. The smallest absolute Gasteiger partial charge is 0.122 e. The first-order chi connectivity index (χ1) is 9.28. The molecule has 0 aliphatic carbocycles. The molecule has 1 heterocycles. The van der Waals surface area contributed by atoms with Crippen LogP contribution >= 0.6 is 0 Å². The van der Waals surface area contributed by atoms with Crippen molar-refractivity contribution < 1.29 is 14.6 Å². The Kier molecular flexibility index (Phi) is 5.19. The lowest BCUT2D eigenvalue weighted by atomic mass is 10.00. The molecule has 1 aromatic rings. The number of rotatable bonds is 7. The van der Waals surface area contributed by atoms with Crippen molar-refractivity contribution in [2.75, 3.05) is 26.9 Å². The maximum Gasteiger partial charge on any atom is 0.122 e. The predicted octanol–water partition coefficient (Wildman–Crippen LogP) is 1.67. The first kappa shape index (κ1) is 14.3. The average molecular weight is 265 g/mol. The summed E-state index contributed by atoms with van der Waals surface area (Å²) in [6, 6.07) is 6.57. The Morgan fingerprint density at radius 3 is 3.00 bits per heavy atom. The van der Waals surface area contributed by atoms with Crippen molar-refractivity contribution in [2.45, 2.75) is 31.8 Å². The first-order valence-corrected chi connectivity index (χ1v) is 6.90. The highest BCUT2D eigenvalue weighted by atomic mass is 16.5. The zero-order valence-corrected chi connectivity index (χ0v) is 11.7. The highest BCUT2D eigenvalue weighted by Crippen LogP contribution is 2.29. The minimum Gasteiger partial charge on any atom is -0.493 e. The molecule has 0 saturated heterocycles. The van der Waals surface area contributed by atoms with Crippen LogP contribution in [0, 0.1) is 0 Å². The number of hydrogen-bond acceptors (Lipinski definition) is 4. The van der Waals surface area contributed by atoms with Gasteiger partial charge in [-0.25, -0.2) is 0 Å². The summed E-state index contributed by atoms with van der Waals surface area (Å²) in [5.74, 6) is 1.01. The van der Waals surface area contributed by atoms with Gasteiger partial charge in [-0.1, -0.05) is 19.1 Å². The molecule has 0 aromatic heterocycles. The molecule has 106 valence electrons. The second kappa shape index (κ2) is 6.89. The molecule has 1 aromatic carbocycles. The third-order valence-corrected chi connectivity index (χ3v) is 3.55. The van der Waals surface area contributed by atoms with E-state index in [1.807, 2.05) is 6.07 Å². The fourth-order valence-corrected chi connectivity index (χ4v) is 2.51. The van der Waals surface area contributed by atoms with Crippen LogP contribution in [0.3, 0.4) is 0 Å². The lowest BCUT2D eigenvalue weighted by Gasteiger charge is -2.24. The van der Waals surface area contributed by atoms with Gasteiger partial charge in [0.15, 0.2) is 0 Å². The van der Waals surface area contributed by atoms with Crippen LogP contribution < -0.4 is 10.1 Å². The molecule has 1 aliphatic rings.